The molecule has 1 fully saturated rings. The second kappa shape index (κ2) is 6.59. The van der Waals surface area contributed by atoms with Gasteiger partial charge in [-0.15, -0.1) is 0 Å². The van der Waals surface area contributed by atoms with Crippen LogP contribution < -0.4 is 5.32 Å². The van der Waals surface area contributed by atoms with Crippen LogP contribution >= 0.6 is 0 Å². The number of ether oxygens (including phenoxy) is 1. The Balaban J connectivity index is 2.47. The van der Waals surface area contributed by atoms with Crippen LogP contribution in [0.3, 0.4) is 0 Å². The molecule has 0 aromatic heterocycles. The number of carboxylic acids is 1. The van der Waals surface area contributed by atoms with Crippen molar-refractivity contribution in [1.29, 1.82) is 0 Å². The fourth-order valence-corrected chi connectivity index (χ4v) is 2.17. The number of amides is 1. The number of carboxylic acid groups (broad SMARTS) is 1. The van der Waals surface area contributed by atoms with Gasteiger partial charge in [0.15, 0.2) is 0 Å². The Morgan fingerprint density at radius 2 is 2.24 bits per heavy atom. The SMILES string of the molecule is CCCC(CC(=O)O)NC(=O)C1CCOC1C. The van der Waals surface area contributed by atoms with Gasteiger partial charge in [-0.3, -0.25) is 9.59 Å². The second-order valence-corrected chi connectivity index (χ2v) is 4.56. The normalized spacial score (nSPS) is 25.5. The minimum absolute atomic E-state index is 0.0124. The molecule has 0 bridgehead atoms. The van der Waals surface area contributed by atoms with Crippen LogP contribution in [0.15, 0.2) is 0 Å². The zero-order chi connectivity index (χ0) is 12.8. The molecule has 1 aliphatic rings. The van der Waals surface area contributed by atoms with Gasteiger partial charge in [0.1, 0.15) is 0 Å². The number of aliphatic carboxylic acids is 1. The molecule has 0 aromatic rings. The van der Waals surface area contributed by atoms with Crippen molar-refractivity contribution < 1.29 is 19.4 Å². The molecule has 0 saturated carbocycles. The predicted molar refractivity (Wildman–Crippen MR) is 62.6 cm³/mol. The van der Waals surface area contributed by atoms with Gasteiger partial charge in [-0.2, -0.15) is 0 Å². The molecule has 1 aliphatic heterocycles. The van der Waals surface area contributed by atoms with E-state index in [1.165, 1.54) is 0 Å². The fraction of sp³-hybridized carbons (Fsp3) is 0.833. The van der Waals surface area contributed by atoms with E-state index in [4.69, 9.17) is 9.84 Å². The maximum absolute atomic E-state index is 11.9. The molecule has 0 spiro atoms. The van der Waals surface area contributed by atoms with E-state index in [-0.39, 0.29) is 30.4 Å². The van der Waals surface area contributed by atoms with Crippen LogP contribution in [0.25, 0.3) is 0 Å². The van der Waals surface area contributed by atoms with Crippen molar-refractivity contribution in [2.75, 3.05) is 6.61 Å². The quantitative estimate of drug-likeness (QED) is 0.734. The van der Waals surface area contributed by atoms with Gasteiger partial charge in [-0.25, -0.2) is 0 Å². The van der Waals surface area contributed by atoms with Gasteiger partial charge >= 0.3 is 5.97 Å². The average molecular weight is 243 g/mol. The van der Waals surface area contributed by atoms with Crippen LogP contribution in [0, 0.1) is 5.92 Å². The van der Waals surface area contributed by atoms with Crippen molar-refractivity contribution in [3.05, 3.63) is 0 Å². The van der Waals surface area contributed by atoms with E-state index in [1.807, 2.05) is 13.8 Å². The van der Waals surface area contributed by atoms with Gasteiger partial charge in [0, 0.05) is 12.6 Å². The van der Waals surface area contributed by atoms with Crippen molar-refractivity contribution in [3.63, 3.8) is 0 Å². The molecule has 2 N–H and O–H groups in total. The summed E-state index contributed by atoms with van der Waals surface area (Å²) in [7, 11) is 0. The summed E-state index contributed by atoms with van der Waals surface area (Å²) in [5, 5.41) is 11.6. The molecular weight excluding hydrogens is 222 g/mol. The summed E-state index contributed by atoms with van der Waals surface area (Å²) in [6.07, 6.45) is 2.19. The van der Waals surface area contributed by atoms with Gasteiger partial charge in [0.25, 0.3) is 0 Å². The van der Waals surface area contributed by atoms with E-state index in [9.17, 15) is 9.59 Å². The number of hydrogen-bond acceptors (Lipinski definition) is 3. The molecule has 0 aromatic carbocycles. The topological polar surface area (TPSA) is 75.6 Å². The molecule has 3 atom stereocenters. The molecule has 1 saturated heterocycles. The first-order valence-corrected chi connectivity index (χ1v) is 6.18. The Kier molecular flexibility index (Phi) is 5.41. The maximum atomic E-state index is 11.9. The Morgan fingerprint density at radius 1 is 1.53 bits per heavy atom. The molecule has 3 unspecified atom stereocenters. The number of carbonyl (C=O) groups excluding carboxylic acids is 1. The molecule has 0 aliphatic carbocycles. The Bertz CT molecular complexity index is 280. The number of nitrogens with one attached hydrogen (secondary N) is 1. The Morgan fingerprint density at radius 3 is 2.71 bits per heavy atom. The van der Waals surface area contributed by atoms with Gasteiger partial charge in [0.05, 0.1) is 18.4 Å². The maximum Gasteiger partial charge on any atom is 0.305 e. The molecule has 98 valence electrons. The Hall–Kier alpha value is -1.10. The van der Waals surface area contributed by atoms with Crippen LogP contribution in [0.4, 0.5) is 0 Å². The summed E-state index contributed by atoms with van der Waals surface area (Å²) < 4.78 is 5.33. The smallest absolute Gasteiger partial charge is 0.305 e. The van der Waals surface area contributed by atoms with E-state index in [0.29, 0.717) is 13.0 Å². The van der Waals surface area contributed by atoms with Crippen molar-refractivity contribution in [2.24, 2.45) is 5.92 Å². The van der Waals surface area contributed by atoms with Crippen molar-refractivity contribution >= 4 is 11.9 Å². The lowest BCUT2D eigenvalue weighted by Gasteiger charge is -2.20. The van der Waals surface area contributed by atoms with Crippen LogP contribution in [0.1, 0.15) is 39.5 Å². The molecule has 17 heavy (non-hydrogen) atoms. The monoisotopic (exact) mass is 243 g/mol. The molecule has 5 heteroatoms. The number of rotatable bonds is 6. The van der Waals surface area contributed by atoms with Gasteiger partial charge in [-0.1, -0.05) is 13.3 Å². The first-order chi connectivity index (χ1) is 8.04. The van der Waals surface area contributed by atoms with Gasteiger partial charge in [0.2, 0.25) is 5.91 Å². The van der Waals surface area contributed by atoms with Crippen LogP contribution in [-0.2, 0) is 14.3 Å². The van der Waals surface area contributed by atoms with Gasteiger partial charge < -0.3 is 15.2 Å². The summed E-state index contributed by atoms with van der Waals surface area (Å²) in [6, 6.07) is -0.266. The molecule has 5 nitrogen and oxygen atoms in total. The van der Waals surface area contributed by atoms with Crippen LogP contribution in [-0.4, -0.2) is 35.7 Å². The fourth-order valence-electron chi connectivity index (χ4n) is 2.17. The van der Waals surface area contributed by atoms with E-state index in [1.54, 1.807) is 0 Å². The van der Waals surface area contributed by atoms with Crippen molar-refractivity contribution in [2.45, 2.75) is 51.7 Å². The van der Waals surface area contributed by atoms with E-state index in [0.717, 1.165) is 12.8 Å². The Labute approximate surface area is 102 Å². The van der Waals surface area contributed by atoms with Crippen molar-refractivity contribution in [3.8, 4) is 0 Å². The van der Waals surface area contributed by atoms with Gasteiger partial charge in [-0.05, 0) is 19.8 Å². The minimum atomic E-state index is -0.875. The summed E-state index contributed by atoms with van der Waals surface area (Å²) in [6.45, 7) is 4.46. The zero-order valence-corrected chi connectivity index (χ0v) is 10.4. The molecule has 1 heterocycles. The van der Waals surface area contributed by atoms with E-state index in [2.05, 4.69) is 5.32 Å². The van der Waals surface area contributed by atoms with Crippen molar-refractivity contribution in [1.82, 2.24) is 5.32 Å². The van der Waals surface area contributed by atoms with Crippen LogP contribution in [0.5, 0.6) is 0 Å². The highest BCUT2D eigenvalue weighted by Crippen LogP contribution is 2.21. The zero-order valence-electron chi connectivity index (χ0n) is 10.4. The summed E-state index contributed by atoms with van der Waals surface area (Å²) in [4.78, 5) is 22.6. The number of hydrogen-bond donors (Lipinski definition) is 2. The average Bonchev–Trinajstić information content (AvgIpc) is 2.63. The lowest BCUT2D eigenvalue weighted by Crippen LogP contribution is -2.41. The largest absolute Gasteiger partial charge is 0.481 e. The lowest BCUT2D eigenvalue weighted by molar-refractivity contribution is -0.138. The van der Waals surface area contributed by atoms with Crippen LogP contribution in [0.2, 0.25) is 0 Å². The first kappa shape index (κ1) is 14.0. The molecular formula is C12H21NO4. The lowest BCUT2D eigenvalue weighted by atomic mass is 10.00. The third-order valence-corrected chi connectivity index (χ3v) is 3.12. The summed E-state index contributed by atoms with van der Waals surface area (Å²) in [5.74, 6) is -1.09. The number of carbonyl (C=O) groups is 2. The third-order valence-electron chi connectivity index (χ3n) is 3.12. The highest BCUT2D eigenvalue weighted by Gasteiger charge is 2.31. The molecule has 1 rings (SSSR count). The third kappa shape index (κ3) is 4.34. The highest BCUT2D eigenvalue weighted by atomic mass is 16.5. The van der Waals surface area contributed by atoms with E-state index >= 15 is 0 Å². The second-order valence-electron chi connectivity index (χ2n) is 4.56. The first-order valence-electron chi connectivity index (χ1n) is 6.18. The summed E-state index contributed by atoms with van der Waals surface area (Å²) in [5.41, 5.74) is 0. The standard InChI is InChI=1S/C12H21NO4/c1-3-4-9(7-11(14)15)13-12(16)10-5-6-17-8(10)2/h8-10H,3-7H2,1-2H3,(H,13,16)(H,14,15). The molecule has 1 amide bonds. The summed E-state index contributed by atoms with van der Waals surface area (Å²) >= 11 is 0. The van der Waals surface area contributed by atoms with E-state index < -0.39 is 5.97 Å². The minimum Gasteiger partial charge on any atom is -0.481 e. The predicted octanol–water partition coefficient (Wildman–Crippen LogP) is 1.17. The highest BCUT2D eigenvalue weighted by molar-refractivity contribution is 5.80. The molecule has 0 radical (unpaired) electrons.